The molecular weight excluding hydrogens is 487 g/mol. The molecule has 3 saturated carbocycles. The van der Waals surface area contributed by atoms with Crippen molar-refractivity contribution in [3.63, 3.8) is 0 Å². The summed E-state index contributed by atoms with van der Waals surface area (Å²) in [5, 5.41) is 13.6. The highest BCUT2D eigenvalue weighted by molar-refractivity contribution is 9.10. The summed E-state index contributed by atoms with van der Waals surface area (Å²) < 4.78 is 15.5. The van der Waals surface area contributed by atoms with Crippen molar-refractivity contribution in [1.29, 1.82) is 0 Å². The molecule has 0 radical (unpaired) electrons. The number of pyridine rings is 1. The first-order chi connectivity index (χ1) is 15.7. The normalized spacial score (nSPS) is 24.1. The lowest BCUT2D eigenvalue weighted by atomic mass is 9.57. The van der Waals surface area contributed by atoms with Crippen molar-refractivity contribution in [3.8, 4) is 11.3 Å². The molecule has 2 N–H and O–H groups in total. The predicted octanol–water partition coefficient (Wildman–Crippen LogP) is 6.02. The first kappa shape index (κ1) is 22.0. The maximum absolute atomic E-state index is 14.7. The van der Waals surface area contributed by atoms with E-state index < -0.39 is 16.9 Å². The Kier molecular flexibility index (Phi) is 5.27. The van der Waals surface area contributed by atoms with Crippen LogP contribution in [0.1, 0.15) is 54.4 Å². The maximum Gasteiger partial charge on any atom is 0.309 e. The summed E-state index contributed by atoms with van der Waals surface area (Å²) in [4.78, 5) is 30.2. The molecular formula is C26H24BrFN2O3. The van der Waals surface area contributed by atoms with E-state index in [4.69, 9.17) is 4.98 Å². The third kappa shape index (κ3) is 3.62. The molecule has 0 unspecified atom stereocenters. The van der Waals surface area contributed by atoms with Gasteiger partial charge >= 0.3 is 5.97 Å². The van der Waals surface area contributed by atoms with Gasteiger partial charge in [0.05, 0.1) is 22.2 Å². The topological polar surface area (TPSA) is 79.3 Å². The van der Waals surface area contributed by atoms with Gasteiger partial charge < -0.3 is 10.4 Å². The van der Waals surface area contributed by atoms with E-state index in [0.29, 0.717) is 71.8 Å². The summed E-state index contributed by atoms with van der Waals surface area (Å²) in [6, 6.07) is 12.0. The molecule has 0 atom stereocenters. The highest BCUT2D eigenvalue weighted by atomic mass is 79.9. The first-order valence-corrected chi connectivity index (χ1v) is 11.9. The van der Waals surface area contributed by atoms with E-state index in [0.717, 1.165) is 4.47 Å². The SMILES string of the molecule is Cc1c(-c2ccccc2F)nc2ccc(Br)cc2c1C(=O)NC12CCC(C(=O)O)(CC1)CC2. The van der Waals surface area contributed by atoms with Gasteiger partial charge in [-0.3, -0.25) is 9.59 Å². The Morgan fingerprint density at radius 1 is 1.06 bits per heavy atom. The second-order valence-corrected chi connectivity index (χ2v) is 10.3. The Morgan fingerprint density at radius 3 is 2.36 bits per heavy atom. The zero-order valence-electron chi connectivity index (χ0n) is 18.3. The number of carboxylic acid groups (broad SMARTS) is 1. The van der Waals surface area contributed by atoms with E-state index in [9.17, 15) is 19.1 Å². The predicted molar refractivity (Wildman–Crippen MR) is 128 cm³/mol. The minimum absolute atomic E-state index is 0.222. The van der Waals surface area contributed by atoms with Crippen LogP contribution in [0.15, 0.2) is 46.9 Å². The molecule has 2 bridgehead atoms. The van der Waals surface area contributed by atoms with Gasteiger partial charge in [-0.1, -0.05) is 28.1 Å². The molecule has 3 aliphatic rings. The van der Waals surface area contributed by atoms with Crippen LogP contribution in [0.4, 0.5) is 4.39 Å². The zero-order chi connectivity index (χ0) is 23.4. The van der Waals surface area contributed by atoms with Crippen LogP contribution in [-0.2, 0) is 4.79 Å². The number of carbonyl (C=O) groups excluding carboxylic acids is 1. The van der Waals surface area contributed by atoms with Crippen LogP contribution >= 0.6 is 15.9 Å². The van der Waals surface area contributed by atoms with Crippen molar-refractivity contribution < 1.29 is 19.1 Å². The molecule has 1 amide bonds. The number of hydrogen-bond donors (Lipinski definition) is 2. The van der Waals surface area contributed by atoms with Crippen LogP contribution in [0.25, 0.3) is 22.2 Å². The highest BCUT2D eigenvalue weighted by Gasteiger charge is 2.53. The number of fused-ring (bicyclic) bond motifs is 4. The minimum atomic E-state index is -0.725. The smallest absolute Gasteiger partial charge is 0.309 e. The molecule has 7 heteroatoms. The van der Waals surface area contributed by atoms with E-state index in [1.54, 1.807) is 25.1 Å². The van der Waals surface area contributed by atoms with Gasteiger partial charge in [-0.25, -0.2) is 9.37 Å². The van der Waals surface area contributed by atoms with E-state index in [2.05, 4.69) is 21.2 Å². The van der Waals surface area contributed by atoms with Gasteiger partial charge in [0.25, 0.3) is 5.91 Å². The fourth-order valence-corrected chi connectivity index (χ4v) is 5.90. The molecule has 1 heterocycles. The molecule has 2 aromatic carbocycles. The van der Waals surface area contributed by atoms with Gasteiger partial charge in [-0.15, -0.1) is 0 Å². The number of rotatable bonds is 4. The molecule has 0 saturated heterocycles. The molecule has 170 valence electrons. The highest BCUT2D eigenvalue weighted by Crippen LogP contribution is 2.52. The summed E-state index contributed by atoms with van der Waals surface area (Å²) in [7, 11) is 0. The lowest BCUT2D eigenvalue weighted by Crippen LogP contribution is -2.58. The standard InChI is InChI=1S/C26H24BrFN2O3/c1-15-21(23(31)30-26-11-8-25(9-12-26,10-13-26)24(32)33)18-14-16(27)6-7-20(18)29-22(15)17-4-2-3-5-19(17)28/h2-7,14H,8-13H2,1H3,(H,30,31)(H,32,33). The number of hydrogen-bond acceptors (Lipinski definition) is 3. The van der Waals surface area contributed by atoms with Crippen LogP contribution in [-0.4, -0.2) is 27.5 Å². The summed E-state index contributed by atoms with van der Waals surface area (Å²) in [6.07, 6.45) is 3.67. The lowest BCUT2D eigenvalue weighted by Gasteiger charge is -2.51. The number of benzene rings is 2. The summed E-state index contributed by atoms with van der Waals surface area (Å²) in [5.41, 5.74) is 1.47. The Bertz CT molecular complexity index is 1280. The van der Waals surface area contributed by atoms with E-state index in [1.165, 1.54) is 6.07 Å². The molecule has 0 aliphatic heterocycles. The summed E-state index contributed by atoms with van der Waals surface area (Å²) >= 11 is 3.49. The molecule has 3 fully saturated rings. The third-order valence-corrected chi connectivity index (χ3v) is 8.12. The number of amides is 1. The number of nitrogens with one attached hydrogen (secondary N) is 1. The summed E-state index contributed by atoms with van der Waals surface area (Å²) in [5.74, 6) is -1.34. The number of aliphatic carboxylic acids is 1. The van der Waals surface area contributed by atoms with Crippen molar-refractivity contribution in [2.45, 2.75) is 51.0 Å². The Hall–Kier alpha value is -2.80. The van der Waals surface area contributed by atoms with E-state index >= 15 is 0 Å². The van der Waals surface area contributed by atoms with Crippen molar-refractivity contribution in [1.82, 2.24) is 10.3 Å². The number of nitrogens with zero attached hydrogens (tertiary/aromatic N) is 1. The molecule has 1 aromatic heterocycles. The van der Waals surface area contributed by atoms with Gasteiger partial charge in [0, 0.05) is 21.0 Å². The second kappa shape index (κ2) is 7.90. The van der Waals surface area contributed by atoms with Crippen LogP contribution in [0, 0.1) is 18.2 Å². The monoisotopic (exact) mass is 510 g/mol. The minimum Gasteiger partial charge on any atom is -0.481 e. The van der Waals surface area contributed by atoms with Crippen LogP contribution in [0.3, 0.4) is 0 Å². The third-order valence-electron chi connectivity index (χ3n) is 7.63. The Labute approximate surface area is 199 Å². The number of carboxylic acids is 1. The summed E-state index contributed by atoms with van der Waals surface area (Å²) in [6.45, 7) is 1.80. The average molecular weight is 511 g/mol. The number of carbonyl (C=O) groups is 2. The molecule has 6 rings (SSSR count). The van der Waals surface area contributed by atoms with Crippen LogP contribution in [0.2, 0.25) is 0 Å². The van der Waals surface area contributed by atoms with E-state index in [-0.39, 0.29) is 11.7 Å². The van der Waals surface area contributed by atoms with Gasteiger partial charge in [0.1, 0.15) is 5.82 Å². The van der Waals surface area contributed by atoms with Gasteiger partial charge in [-0.05, 0) is 81.3 Å². The number of aromatic nitrogens is 1. The molecule has 0 spiro atoms. The fourth-order valence-electron chi connectivity index (χ4n) is 5.54. The molecule has 33 heavy (non-hydrogen) atoms. The quantitative estimate of drug-likeness (QED) is 0.449. The molecule has 3 aromatic rings. The van der Waals surface area contributed by atoms with Gasteiger partial charge in [-0.2, -0.15) is 0 Å². The van der Waals surface area contributed by atoms with E-state index in [1.807, 2.05) is 18.2 Å². The largest absolute Gasteiger partial charge is 0.481 e. The Morgan fingerprint density at radius 2 is 1.73 bits per heavy atom. The van der Waals surface area contributed by atoms with Gasteiger partial charge in [0.2, 0.25) is 0 Å². The van der Waals surface area contributed by atoms with Crippen LogP contribution in [0.5, 0.6) is 0 Å². The van der Waals surface area contributed by atoms with Crippen molar-refractivity contribution >= 4 is 38.7 Å². The molecule has 3 aliphatic carbocycles. The lowest BCUT2D eigenvalue weighted by molar-refractivity contribution is -0.156. The molecule has 5 nitrogen and oxygen atoms in total. The average Bonchev–Trinajstić information content (AvgIpc) is 2.80. The second-order valence-electron chi connectivity index (χ2n) is 9.42. The number of halogens is 2. The van der Waals surface area contributed by atoms with Crippen LogP contribution < -0.4 is 5.32 Å². The maximum atomic E-state index is 14.7. The first-order valence-electron chi connectivity index (χ1n) is 11.1. The van der Waals surface area contributed by atoms with Crippen molar-refractivity contribution in [2.75, 3.05) is 0 Å². The fraction of sp³-hybridized carbons (Fsp3) is 0.346. The Balaban J connectivity index is 1.58. The van der Waals surface area contributed by atoms with Crippen molar-refractivity contribution in [3.05, 3.63) is 63.9 Å². The zero-order valence-corrected chi connectivity index (χ0v) is 19.8. The van der Waals surface area contributed by atoms with Gasteiger partial charge in [0.15, 0.2) is 0 Å². The van der Waals surface area contributed by atoms with Crippen molar-refractivity contribution in [2.24, 2.45) is 5.41 Å².